The largest absolute Gasteiger partial charge is 0.344 e. The predicted molar refractivity (Wildman–Crippen MR) is 106 cm³/mol. The van der Waals surface area contributed by atoms with Gasteiger partial charge in [0.15, 0.2) is 0 Å². The minimum atomic E-state index is -0.344. The average molecular weight is 393 g/mol. The molecule has 0 unspecified atom stereocenters. The number of amides is 1. The number of hydrogen-bond donors (Lipinski definition) is 1. The molecule has 1 N–H and O–H groups in total. The third-order valence-corrected chi connectivity index (χ3v) is 4.78. The van der Waals surface area contributed by atoms with Crippen LogP contribution >= 0.6 is 0 Å². The quantitative estimate of drug-likeness (QED) is 0.553. The first-order valence-electron chi connectivity index (χ1n) is 9.33. The van der Waals surface area contributed by atoms with E-state index in [0.29, 0.717) is 27.9 Å². The minimum Gasteiger partial charge on any atom is -0.344 e. The van der Waals surface area contributed by atoms with E-state index >= 15 is 0 Å². The average Bonchev–Trinajstić information content (AvgIpc) is 3.35. The van der Waals surface area contributed by atoms with Crippen LogP contribution in [-0.4, -0.2) is 25.8 Å². The van der Waals surface area contributed by atoms with Crippen LogP contribution in [0.15, 0.2) is 47.1 Å². The Morgan fingerprint density at radius 3 is 2.72 bits per heavy atom. The number of nitrogens with one attached hydrogen (secondary N) is 1. The highest BCUT2D eigenvalue weighted by molar-refractivity contribution is 6.07. The zero-order valence-corrected chi connectivity index (χ0v) is 16.3. The Hall–Kier alpha value is -3.55. The van der Waals surface area contributed by atoms with E-state index in [1.54, 1.807) is 29.8 Å². The van der Waals surface area contributed by atoms with E-state index in [4.69, 9.17) is 4.52 Å². The fraction of sp³-hybridized carbons (Fsp3) is 0.238. The molecule has 0 radical (unpaired) electrons. The Morgan fingerprint density at radius 1 is 1.28 bits per heavy atom. The molecule has 0 spiro atoms. The maximum Gasteiger partial charge on any atom is 0.259 e. The molecule has 0 aliphatic carbocycles. The van der Waals surface area contributed by atoms with Gasteiger partial charge in [0.25, 0.3) is 11.6 Å². The molecule has 29 heavy (non-hydrogen) atoms. The molecular formula is C21H20FN5O2. The van der Waals surface area contributed by atoms with Gasteiger partial charge in [0.05, 0.1) is 34.1 Å². The first-order chi connectivity index (χ1) is 14.0. The second-order valence-electron chi connectivity index (χ2n) is 6.80. The number of aryl methyl sites for hydroxylation is 2. The summed E-state index contributed by atoms with van der Waals surface area (Å²) in [7, 11) is 0. The Morgan fingerprint density at radius 2 is 2.03 bits per heavy atom. The van der Waals surface area contributed by atoms with E-state index in [9.17, 15) is 9.18 Å². The van der Waals surface area contributed by atoms with Gasteiger partial charge in [0, 0.05) is 18.3 Å². The van der Waals surface area contributed by atoms with Crippen molar-refractivity contribution < 1.29 is 13.7 Å². The van der Waals surface area contributed by atoms with Gasteiger partial charge in [-0.3, -0.25) is 9.48 Å². The molecule has 3 aromatic heterocycles. The van der Waals surface area contributed by atoms with Crippen LogP contribution in [-0.2, 0) is 6.54 Å². The third kappa shape index (κ3) is 3.61. The number of benzene rings is 1. The van der Waals surface area contributed by atoms with Gasteiger partial charge in [0.1, 0.15) is 5.82 Å². The summed E-state index contributed by atoms with van der Waals surface area (Å²) >= 11 is 0. The fourth-order valence-corrected chi connectivity index (χ4v) is 3.18. The summed E-state index contributed by atoms with van der Waals surface area (Å²) in [5.74, 6) is -0.630. The monoisotopic (exact) mass is 393 g/mol. The zero-order chi connectivity index (χ0) is 20.5. The number of nitrogens with zero attached hydrogens (tertiary/aromatic N) is 4. The van der Waals surface area contributed by atoms with Gasteiger partial charge in [-0.2, -0.15) is 5.10 Å². The van der Waals surface area contributed by atoms with Crippen molar-refractivity contribution in [1.29, 1.82) is 0 Å². The number of hydrogen-bond acceptors (Lipinski definition) is 5. The van der Waals surface area contributed by atoms with Crippen LogP contribution in [0, 0.1) is 12.7 Å². The van der Waals surface area contributed by atoms with Crippen molar-refractivity contribution in [3.8, 4) is 11.3 Å². The lowest BCUT2D eigenvalue weighted by Gasteiger charge is -2.13. The first-order valence-corrected chi connectivity index (χ1v) is 9.33. The van der Waals surface area contributed by atoms with Gasteiger partial charge >= 0.3 is 0 Å². The fourth-order valence-electron chi connectivity index (χ4n) is 3.18. The van der Waals surface area contributed by atoms with Crippen LogP contribution in [0.25, 0.3) is 22.4 Å². The summed E-state index contributed by atoms with van der Waals surface area (Å²) in [6, 6.07) is 9.17. The van der Waals surface area contributed by atoms with Gasteiger partial charge in [-0.05, 0) is 57.2 Å². The second kappa shape index (κ2) is 7.46. The van der Waals surface area contributed by atoms with Crippen molar-refractivity contribution in [3.05, 3.63) is 65.4 Å². The van der Waals surface area contributed by atoms with Gasteiger partial charge in [0.2, 0.25) is 0 Å². The molecule has 1 atom stereocenters. The Balaban J connectivity index is 1.72. The molecule has 0 saturated heterocycles. The number of rotatable bonds is 5. The van der Waals surface area contributed by atoms with E-state index in [1.165, 1.54) is 12.1 Å². The van der Waals surface area contributed by atoms with Crippen LogP contribution in [0.3, 0.4) is 0 Å². The summed E-state index contributed by atoms with van der Waals surface area (Å²) in [6.45, 7) is 6.39. The van der Waals surface area contributed by atoms with Gasteiger partial charge in [-0.25, -0.2) is 9.37 Å². The summed E-state index contributed by atoms with van der Waals surface area (Å²) in [5.41, 5.74) is 3.18. The standard InChI is InChI=1S/C21H20FN5O2/c1-4-27-10-9-17(25-27)12(2)23-20(28)16-11-18(14-5-7-15(22)8-6-14)24-21-19(16)13(3)26-29-21/h5-12H,4H2,1-3H3,(H,23,28)/t12-/m1/s1. The lowest BCUT2D eigenvalue weighted by molar-refractivity contribution is 0.0940. The van der Waals surface area contributed by atoms with Crippen molar-refractivity contribution >= 4 is 17.0 Å². The first kappa shape index (κ1) is 18.8. The molecule has 0 aliphatic rings. The van der Waals surface area contributed by atoms with Gasteiger partial charge in [-0.15, -0.1) is 0 Å². The minimum absolute atomic E-state index is 0.261. The number of carbonyl (C=O) groups excluding carboxylic acids is 1. The molecular weight excluding hydrogens is 373 g/mol. The Bertz CT molecular complexity index is 1180. The molecule has 8 heteroatoms. The highest BCUT2D eigenvalue weighted by atomic mass is 19.1. The van der Waals surface area contributed by atoms with Crippen molar-refractivity contribution in [2.75, 3.05) is 0 Å². The van der Waals surface area contributed by atoms with E-state index < -0.39 is 0 Å². The van der Waals surface area contributed by atoms with Crippen molar-refractivity contribution in [3.63, 3.8) is 0 Å². The highest BCUT2D eigenvalue weighted by Gasteiger charge is 2.21. The van der Waals surface area contributed by atoms with E-state index in [2.05, 4.69) is 20.6 Å². The summed E-state index contributed by atoms with van der Waals surface area (Å²) in [5, 5.41) is 11.9. The predicted octanol–water partition coefficient (Wildman–Crippen LogP) is 4.04. The molecule has 0 fully saturated rings. The summed E-state index contributed by atoms with van der Waals surface area (Å²) in [4.78, 5) is 17.5. The van der Waals surface area contributed by atoms with Crippen LogP contribution in [0.1, 0.15) is 41.6 Å². The molecule has 3 heterocycles. The normalized spacial score (nSPS) is 12.3. The molecule has 1 amide bonds. The number of halogens is 1. The maximum absolute atomic E-state index is 13.3. The maximum atomic E-state index is 13.3. The number of carbonyl (C=O) groups is 1. The number of pyridine rings is 1. The summed E-state index contributed by atoms with van der Waals surface area (Å²) < 4.78 is 20.4. The van der Waals surface area contributed by atoms with Crippen molar-refractivity contribution in [2.45, 2.75) is 33.4 Å². The van der Waals surface area contributed by atoms with E-state index in [1.807, 2.05) is 26.1 Å². The Kier molecular flexibility index (Phi) is 4.84. The molecule has 148 valence electrons. The lowest BCUT2D eigenvalue weighted by Crippen LogP contribution is -2.27. The topological polar surface area (TPSA) is 85.8 Å². The SMILES string of the molecule is CCn1ccc([C@@H](C)NC(=O)c2cc(-c3ccc(F)cc3)nc3onc(C)c23)n1. The molecule has 1 aromatic carbocycles. The van der Waals surface area contributed by atoms with Crippen LogP contribution < -0.4 is 5.32 Å². The molecule has 0 saturated carbocycles. The third-order valence-electron chi connectivity index (χ3n) is 4.78. The number of aromatic nitrogens is 4. The zero-order valence-electron chi connectivity index (χ0n) is 16.3. The molecule has 0 aliphatic heterocycles. The van der Waals surface area contributed by atoms with Crippen molar-refractivity contribution in [2.24, 2.45) is 0 Å². The molecule has 4 rings (SSSR count). The van der Waals surface area contributed by atoms with E-state index in [0.717, 1.165) is 12.2 Å². The lowest BCUT2D eigenvalue weighted by atomic mass is 10.0. The smallest absolute Gasteiger partial charge is 0.259 e. The second-order valence-corrected chi connectivity index (χ2v) is 6.80. The van der Waals surface area contributed by atoms with Crippen molar-refractivity contribution in [1.82, 2.24) is 25.2 Å². The van der Waals surface area contributed by atoms with Gasteiger partial charge in [-0.1, -0.05) is 5.16 Å². The van der Waals surface area contributed by atoms with Gasteiger partial charge < -0.3 is 9.84 Å². The summed E-state index contributed by atoms with van der Waals surface area (Å²) in [6.07, 6.45) is 1.87. The number of fused-ring (bicyclic) bond motifs is 1. The Labute approximate surface area is 166 Å². The van der Waals surface area contributed by atoms with Crippen LogP contribution in [0.5, 0.6) is 0 Å². The highest BCUT2D eigenvalue weighted by Crippen LogP contribution is 2.27. The van der Waals surface area contributed by atoms with Crippen LogP contribution in [0.2, 0.25) is 0 Å². The van der Waals surface area contributed by atoms with Crippen LogP contribution in [0.4, 0.5) is 4.39 Å². The molecule has 7 nitrogen and oxygen atoms in total. The molecule has 4 aromatic rings. The van der Waals surface area contributed by atoms with E-state index in [-0.39, 0.29) is 23.5 Å². The molecule has 0 bridgehead atoms.